The van der Waals surface area contributed by atoms with Crippen molar-refractivity contribution in [3.05, 3.63) is 17.6 Å². The maximum absolute atomic E-state index is 4.53. The van der Waals surface area contributed by atoms with E-state index >= 15 is 0 Å². The normalized spacial score (nSPS) is 11.9. The maximum atomic E-state index is 4.53. The zero-order valence-corrected chi connectivity index (χ0v) is 12.0. The van der Waals surface area contributed by atoms with Crippen molar-refractivity contribution in [1.82, 2.24) is 9.97 Å². The van der Waals surface area contributed by atoms with Crippen molar-refractivity contribution in [2.45, 2.75) is 53.9 Å². The minimum atomic E-state index is 0.357. The van der Waals surface area contributed by atoms with Crippen molar-refractivity contribution in [1.29, 1.82) is 0 Å². The van der Waals surface area contributed by atoms with Crippen LogP contribution in [0.25, 0.3) is 0 Å². The van der Waals surface area contributed by atoms with E-state index in [4.69, 9.17) is 0 Å². The predicted molar refractivity (Wildman–Crippen MR) is 73.4 cm³/mol. The van der Waals surface area contributed by atoms with E-state index in [9.17, 15) is 0 Å². The first-order chi connectivity index (χ1) is 7.78. The van der Waals surface area contributed by atoms with Gasteiger partial charge in [0.2, 0.25) is 0 Å². The molecule has 0 radical (unpaired) electrons. The molecule has 3 heteroatoms. The summed E-state index contributed by atoms with van der Waals surface area (Å²) in [6.07, 6.45) is 1.13. The molecule has 0 atom stereocenters. The van der Waals surface area contributed by atoms with Crippen molar-refractivity contribution in [3.8, 4) is 0 Å². The summed E-state index contributed by atoms with van der Waals surface area (Å²) in [5.41, 5.74) is 1.39. The summed E-state index contributed by atoms with van der Waals surface area (Å²) in [6, 6.07) is 2.01. The SMILES string of the molecule is Cc1cc(NCCC(C)(C)C)nc(C(C)C)n1. The van der Waals surface area contributed by atoms with Crippen LogP contribution in [0.5, 0.6) is 0 Å². The average molecular weight is 235 g/mol. The van der Waals surface area contributed by atoms with Crippen LogP contribution in [0.15, 0.2) is 6.07 Å². The molecule has 0 saturated carbocycles. The molecule has 0 aliphatic rings. The molecule has 0 unspecified atom stereocenters. The number of rotatable bonds is 4. The minimum absolute atomic E-state index is 0.357. The van der Waals surface area contributed by atoms with Crippen LogP contribution in [0.2, 0.25) is 0 Å². The third-order valence-corrected chi connectivity index (χ3v) is 2.57. The lowest BCUT2D eigenvalue weighted by Crippen LogP contribution is -2.14. The second-order valence-corrected chi connectivity index (χ2v) is 6.14. The highest BCUT2D eigenvalue weighted by Gasteiger charge is 2.10. The van der Waals surface area contributed by atoms with Crippen molar-refractivity contribution < 1.29 is 0 Å². The van der Waals surface area contributed by atoms with Crippen molar-refractivity contribution in [2.24, 2.45) is 5.41 Å². The number of aromatic nitrogens is 2. The van der Waals surface area contributed by atoms with Gasteiger partial charge in [-0.3, -0.25) is 0 Å². The molecular formula is C14H25N3. The number of hydrogen-bond acceptors (Lipinski definition) is 3. The summed E-state index contributed by atoms with van der Waals surface area (Å²) in [5.74, 6) is 2.24. The Labute approximate surface area is 105 Å². The minimum Gasteiger partial charge on any atom is -0.370 e. The Kier molecular flexibility index (Phi) is 4.49. The second kappa shape index (κ2) is 5.48. The Morgan fingerprint density at radius 1 is 1.24 bits per heavy atom. The summed E-state index contributed by atoms with van der Waals surface area (Å²) in [5, 5.41) is 3.39. The summed E-state index contributed by atoms with van der Waals surface area (Å²) in [7, 11) is 0. The quantitative estimate of drug-likeness (QED) is 0.863. The van der Waals surface area contributed by atoms with Crippen molar-refractivity contribution >= 4 is 5.82 Å². The molecule has 0 aliphatic heterocycles. The van der Waals surface area contributed by atoms with E-state index in [2.05, 4.69) is 49.9 Å². The molecule has 1 rings (SSSR count). The Morgan fingerprint density at radius 3 is 2.41 bits per heavy atom. The molecule has 1 aromatic rings. The third-order valence-electron chi connectivity index (χ3n) is 2.57. The fourth-order valence-corrected chi connectivity index (χ4v) is 1.51. The lowest BCUT2D eigenvalue weighted by Gasteiger charge is -2.18. The molecule has 1 aromatic heterocycles. The maximum Gasteiger partial charge on any atom is 0.133 e. The van der Waals surface area contributed by atoms with E-state index in [0.29, 0.717) is 11.3 Å². The first-order valence-electron chi connectivity index (χ1n) is 6.37. The summed E-state index contributed by atoms with van der Waals surface area (Å²) >= 11 is 0. The van der Waals surface area contributed by atoms with E-state index in [1.807, 2.05) is 13.0 Å². The van der Waals surface area contributed by atoms with Gasteiger partial charge in [-0.2, -0.15) is 0 Å². The van der Waals surface area contributed by atoms with Gasteiger partial charge in [-0.25, -0.2) is 9.97 Å². The van der Waals surface area contributed by atoms with Gasteiger partial charge in [0.1, 0.15) is 11.6 Å². The van der Waals surface area contributed by atoms with Gasteiger partial charge < -0.3 is 5.32 Å². The van der Waals surface area contributed by atoms with E-state index in [0.717, 1.165) is 30.3 Å². The average Bonchev–Trinajstić information content (AvgIpc) is 2.14. The lowest BCUT2D eigenvalue weighted by atomic mass is 9.92. The third kappa shape index (κ3) is 5.16. The predicted octanol–water partition coefficient (Wildman–Crippen LogP) is 3.76. The molecule has 1 N–H and O–H groups in total. The van der Waals surface area contributed by atoms with E-state index in [-0.39, 0.29) is 0 Å². The number of aryl methyl sites for hydroxylation is 1. The molecule has 17 heavy (non-hydrogen) atoms. The highest BCUT2D eigenvalue weighted by Crippen LogP contribution is 2.19. The first-order valence-corrected chi connectivity index (χ1v) is 6.37. The van der Waals surface area contributed by atoms with Crippen LogP contribution in [0, 0.1) is 12.3 Å². The Balaban J connectivity index is 2.65. The van der Waals surface area contributed by atoms with Gasteiger partial charge in [-0.1, -0.05) is 34.6 Å². The van der Waals surface area contributed by atoms with Crippen LogP contribution in [0.1, 0.15) is 58.5 Å². The molecule has 0 aliphatic carbocycles. The Bertz CT molecular complexity index is 364. The molecule has 0 spiro atoms. The number of nitrogens with one attached hydrogen (secondary N) is 1. The van der Waals surface area contributed by atoms with Crippen LogP contribution in [0.3, 0.4) is 0 Å². The van der Waals surface area contributed by atoms with Crippen molar-refractivity contribution in [3.63, 3.8) is 0 Å². The van der Waals surface area contributed by atoms with Gasteiger partial charge in [-0.05, 0) is 18.8 Å². The summed E-state index contributed by atoms with van der Waals surface area (Å²) in [6.45, 7) is 14.0. The zero-order chi connectivity index (χ0) is 13.1. The number of anilines is 1. The molecule has 96 valence electrons. The molecule has 0 bridgehead atoms. The standard InChI is InChI=1S/C14H25N3/c1-10(2)13-16-11(3)9-12(17-13)15-8-7-14(4,5)6/h9-10H,7-8H2,1-6H3,(H,15,16,17). The first kappa shape index (κ1) is 13.9. The van der Waals surface area contributed by atoms with Crippen molar-refractivity contribution in [2.75, 3.05) is 11.9 Å². The molecule has 0 aromatic carbocycles. The molecular weight excluding hydrogens is 210 g/mol. The van der Waals surface area contributed by atoms with Gasteiger partial charge in [0.15, 0.2) is 0 Å². The van der Waals surface area contributed by atoms with E-state index in [1.165, 1.54) is 0 Å². The van der Waals surface area contributed by atoms with Gasteiger partial charge >= 0.3 is 0 Å². The van der Waals surface area contributed by atoms with Crippen LogP contribution >= 0.6 is 0 Å². The van der Waals surface area contributed by atoms with E-state index < -0.39 is 0 Å². The topological polar surface area (TPSA) is 37.8 Å². The van der Waals surface area contributed by atoms with Gasteiger partial charge in [0.25, 0.3) is 0 Å². The highest BCUT2D eigenvalue weighted by molar-refractivity contribution is 5.36. The summed E-state index contributed by atoms with van der Waals surface area (Å²) in [4.78, 5) is 8.97. The number of hydrogen-bond donors (Lipinski definition) is 1. The fraction of sp³-hybridized carbons (Fsp3) is 0.714. The Hall–Kier alpha value is -1.12. The van der Waals surface area contributed by atoms with Gasteiger partial charge in [0.05, 0.1) is 0 Å². The smallest absolute Gasteiger partial charge is 0.133 e. The fourth-order valence-electron chi connectivity index (χ4n) is 1.51. The van der Waals surface area contributed by atoms with Crippen LogP contribution in [-0.4, -0.2) is 16.5 Å². The monoisotopic (exact) mass is 235 g/mol. The zero-order valence-electron chi connectivity index (χ0n) is 12.0. The van der Waals surface area contributed by atoms with Crippen LogP contribution < -0.4 is 5.32 Å². The molecule has 0 fully saturated rings. The van der Waals surface area contributed by atoms with Crippen LogP contribution in [-0.2, 0) is 0 Å². The molecule has 0 saturated heterocycles. The molecule has 0 amide bonds. The lowest BCUT2D eigenvalue weighted by molar-refractivity contribution is 0.389. The second-order valence-electron chi connectivity index (χ2n) is 6.14. The molecule has 3 nitrogen and oxygen atoms in total. The van der Waals surface area contributed by atoms with Gasteiger partial charge in [0, 0.05) is 24.2 Å². The largest absolute Gasteiger partial charge is 0.370 e. The summed E-state index contributed by atoms with van der Waals surface area (Å²) < 4.78 is 0. The Morgan fingerprint density at radius 2 is 1.88 bits per heavy atom. The van der Waals surface area contributed by atoms with E-state index in [1.54, 1.807) is 0 Å². The highest BCUT2D eigenvalue weighted by atomic mass is 15.0. The van der Waals surface area contributed by atoms with Crippen LogP contribution in [0.4, 0.5) is 5.82 Å². The molecule has 1 heterocycles. The van der Waals surface area contributed by atoms with Gasteiger partial charge in [-0.15, -0.1) is 0 Å². The number of nitrogens with zero attached hydrogens (tertiary/aromatic N) is 2.